The van der Waals surface area contributed by atoms with Crippen molar-refractivity contribution in [3.05, 3.63) is 34.9 Å². The summed E-state index contributed by atoms with van der Waals surface area (Å²) >= 11 is 5.80. The Morgan fingerprint density at radius 3 is 2.80 bits per heavy atom. The van der Waals surface area contributed by atoms with Crippen molar-refractivity contribution in [2.24, 2.45) is 0 Å². The second-order valence-corrected chi connectivity index (χ2v) is 4.49. The third-order valence-corrected chi connectivity index (χ3v) is 2.64. The maximum Gasteiger partial charge on any atom is 0.328 e. The van der Waals surface area contributed by atoms with Crippen LogP contribution in [0.25, 0.3) is 0 Å². The molecule has 0 aliphatic carbocycles. The maximum absolute atomic E-state index is 13.4. The van der Waals surface area contributed by atoms with Crippen molar-refractivity contribution < 1.29 is 9.13 Å². The number of halogens is 2. The van der Waals surface area contributed by atoms with Gasteiger partial charge in [0.2, 0.25) is 11.2 Å². The normalized spacial score (nSPS) is 10.4. The highest BCUT2D eigenvalue weighted by molar-refractivity contribution is 6.28. The first kappa shape index (κ1) is 14.5. The third-order valence-electron chi connectivity index (χ3n) is 2.47. The van der Waals surface area contributed by atoms with Crippen LogP contribution in [0, 0.1) is 12.7 Å². The molecule has 2 rings (SSSR count). The molecule has 0 aliphatic heterocycles. The van der Waals surface area contributed by atoms with E-state index in [-0.39, 0.29) is 17.1 Å². The zero-order valence-electron chi connectivity index (χ0n) is 11.2. The minimum absolute atomic E-state index is 0.0150. The number of aryl methyl sites for hydroxylation is 1. The topological polar surface area (TPSA) is 59.9 Å². The molecule has 106 valence electrons. The van der Waals surface area contributed by atoms with E-state index < -0.39 is 0 Å². The molecule has 0 saturated carbocycles. The van der Waals surface area contributed by atoms with Gasteiger partial charge in [0, 0.05) is 12.6 Å². The van der Waals surface area contributed by atoms with E-state index in [1.807, 2.05) is 6.92 Å². The number of hydrogen-bond donors (Lipinski definition) is 1. The Hall–Kier alpha value is -1.95. The van der Waals surface area contributed by atoms with Crippen LogP contribution in [0.2, 0.25) is 5.28 Å². The molecule has 0 unspecified atom stereocenters. The minimum atomic E-state index is -0.355. The molecule has 1 heterocycles. The monoisotopic (exact) mass is 296 g/mol. The fraction of sp³-hybridized carbons (Fsp3) is 0.308. The average molecular weight is 297 g/mol. The summed E-state index contributed by atoms with van der Waals surface area (Å²) in [4.78, 5) is 11.8. The van der Waals surface area contributed by atoms with Crippen LogP contribution in [-0.2, 0) is 0 Å². The molecule has 0 atom stereocenters. The van der Waals surface area contributed by atoms with Gasteiger partial charge in [0.15, 0.2) is 0 Å². The summed E-state index contributed by atoms with van der Waals surface area (Å²) in [6, 6.07) is 4.54. The molecule has 0 radical (unpaired) electrons. The van der Waals surface area contributed by atoms with Gasteiger partial charge < -0.3 is 10.1 Å². The van der Waals surface area contributed by atoms with E-state index in [2.05, 4.69) is 20.3 Å². The van der Waals surface area contributed by atoms with Crippen molar-refractivity contribution in [3.8, 4) is 11.8 Å². The first-order valence-electron chi connectivity index (χ1n) is 6.18. The highest BCUT2D eigenvalue weighted by atomic mass is 35.5. The zero-order valence-corrected chi connectivity index (χ0v) is 11.9. The Kier molecular flexibility index (Phi) is 4.68. The molecule has 7 heteroatoms. The predicted molar refractivity (Wildman–Crippen MR) is 74.8 cm³/mol. The van der Waals surface area contributed by atoms with Gasteiger partial charge >= 0.3 is 6.01 Å². The zero-order chi connectivity index (χ0) is 14.5. The highest BCUT2D eigenvalue weighted by Gasteiger charge is 2.08. The van der Waals surface area contributed by atoms with E-state index >= 15 is 0 Å². The largest absolute Gasteiger partial charge is 0.424 e. The van der Waals surface area contributed by atoms with Crippen molar-refractivity contribution in [3.63, 3.8) is 0 Å². The van der Waals surface area contributed by atoms with Gasteiger partial charge in [-0.15, -0.1) is 0 Å². The Bertz CT molecular complexity index is 609. The van der Waals surface area contributed by atoms with E-state index in [1.165, 1.54) is 6.07 Å². The molecule has 1 aromatic heterocycles. The molecular weight excluding hydrogens is 283 g/mol. The van der Waals surface area contributed by atoms with E-state index in [1.54, 1.807) is 19.1 Å². The fourth-order valence-electron chi connectivity index (χ4n) is 1.44. The molecule has 0 amide bonds. The van der Waals surface area contributed by atoms with E-state index in [4.69, 9.17) is 16.3 Å². The molecule has 0 spiro atoms. The standard InChI is InChI=1S/C13H14ClFN4O/c1-3-6-16-12-17-11(14)18-13(19-12)20-9-5-4-8(2)10(15)7-9/h4-5,7H,3,6H2,1-2H3,(H,16,17,18,19). The van der Waals surface area contributed by atoms with Crippen molar-refractivity contribution in [1.82, 2.24) is 15.0 Å². The molecule has 1 aromatic carbocycles. The van der Waals surface area contributed by atoms with Crippen molar-refractivity contribution in [1.29, 1.82) is 0 Å². The third kappa shape index (κ3) is 3.77. The number of nitrogens with zero attached hydrogens (tertiary/aromatic N) is 3. The summed E-state index contributed by atoms with van der Waals surface area (Å²) < 4.78 is 18.8. The van der Waals surface area contributed by atoms with E-state index in [0.29, 0.717) is 23.8 Å². The summed E-state index contributed by atoms with van der Waals surface area (Å²) in [6.45, 7) is 4.40. The number of hydrogen-bond acceptors (Lipinski definition) is 5. The number of benzene rings is 1. The lowest BCUT2D eigenvalue weighted by Crippen LogP contribution is -2.06. The Balaban J connectivity index is 2.19. The summed E-state index contributed by atoms with van der Waals surface area (Å²) in [7, 11) is 0. The molecule has 0 aliphatic rings. The lowest BCUT2D eigenvalue weighted by atomic mass is 10.2. The molecule has 0 fully saturated rings. The highest BCUT2D eigenvalue weighted by Crippen LogP contribution is 2.22. The van der Waals surface area contributed by atoms with Crippen molar-refractivity contribution in [2.45, 2.75) is 20.3 Å². The van der Waals surface area contributed by atoms with Gasteiger partial charge in [-0.05, 0) is 36.6 Å². The van der Waals surface area contributed by atoms with Crippen molar-refractivity contribution >= 4 is 17.5 Å². The summed E-state index contributed by atoms with van der Waals surface area (Å²) in [6.07, 6.45) is 0.919. The Morgan fingerprint density at radius 1 is 1.30 bits per heavy atom. The first-order chi connectivity index (χ1) is 9.58. The fourth-order valence-corrected chi connectivity index (χ4v) is 1.59. The average Bonchev–Trinajstić information content (AvgIpc) is 2.40. The van der Waals surface area contributed by atoms with Crippen LogP contribution in [0.4, 0.5) is 10.3 Å². The number of anilines is 1. The van der Waals surface area contributed by atoms with Crippen LogP contribution < -0.4 is 10.1 Å². The van der Waals surface area contributed by atoms with Gasteiger partial charge in [-0.1, -0.05) is 13.0 Å². The second-order valence-electron chi connectivity index (χ2n) is 4.15. The van der Waals surface area contributed by atoms with Gasteiger partial charge in [-0.2, -0.15) is 15.0 Å². The number of rotatable bonds is 5. The lowest BCUT2D eigenvalue weighted by Gasteiger charge is -2.07. The Labute approximate surface area is 121 Å². The Morgan fingerprint density at radius 2 is 2.10 bits per heavy atom. The van der Waals surface area contributed by atoms with Crippen LogP contribution in [-0.4, -0.2) is 21.5 Å². The first-order valence-corrected chi connectivity index (χ1v) is 6.55. The number of ether oxygens (including phenoxy) is 1. The van der Waals surface area contributed by atoms with Gasteiger partial charge in [0.05, 0.1) is 0 Å². The van der Waals surface area contributed by atoms with Crippen LogP contribution in [0.1, 0.15) is 18.9 Å². The lowest BCUT2D eigenvalue weighted by molar-refractivity contribution is 0.436. The second kappa shape index (κ2) is 6.47. The molecule has 0 bridgehead atoms. The summed E-state index contributed by atoms with van der Waals surface area (Å²) in [5.41, 5.74) is 0.538. The maximum atomic E-state index is 13.4. The molecule has 0 saturated heterocycles. The van der Waals surface area contributed by atoms with Gasteiger partial charge in [0.25, 0.3) is 0 Å². The van der Waals surface area contributed by atoms with E-state index in [9.17, 15) is 4.39 Å². The molecule has 1 N–H and O–H groups in total. The number of nitrogens with one attached hydrogen (secondary N) is 1. The van der Waals surface area contributed by atoms with Gasteiger partial charge in [-0.25, -0.2) is 4.39 Å². The minimum Gasteiger partial charge on any atom is -0.424 e. The van der Waals surface area contributed by atoms with Crippen LogP contribution in [0.5, 0.6) is 11.8 Å². The summed E-state index contributed by atoms with van der Waals surface area (Å²) in [5.74, 6) is 0.276. The van der Waals surface area contributed by atoms with Gasteiger partial charge in [-0.3, -0.25) is 0 Å². The SMILES string of the molecule is CCCNc1nc(Cl)nc(Oc2ccc(C)c(F)c2)n1. The van der Waals surface area contributed by atoms with Crippen LogP contribution in [0.15, 0.2) is 18.2 Å². The van der Waals surface area contributed by atoms with Crippen LogP contribution in [0.3, 0.4) is 0 Å². The molecule has 2 aromatic rings. The predicted octanol–water partition coefficient (Wildman–Crippen LogP) is 3.59. The van der Waals surface area contributed by atoms with Crippen LogP contribution >= 0.6 is 11.6 Å². The molecule has 5 nitrogen and oxygen atoms in total. The van der Waals surface area contributed by atoms with Gasteiger partial charge in [0.1, 0.15) is 11.6 Å². The van der Waals surface area contributed by atoms with E-state index in [0.717, 1.165) is 6.42 Å². The summed E-state index contributed by atoms with van der Waals surface area (Å²) in [5, 5.41) is 3.00. The molecule has 20 heavy (non-hydrogen) atoms. The number of aromatic nitrogens is 3. The quantitative estimate of drug-likeness (QED) is 0.913. The van der Waals surface area contributed by atoms with Crippen molar-refractivity contribution in [2.75, 3.05) is 11.9 Å². The molecular formula is C13H14ClFN4O. The smallest absolute Gasteiger partial charge is 0.328 e.